The van der Waals surface area contributed by atoms with E-state index in [0.29, 0.717) is 25.2 Å². The number of aromatic nitrogens is 5. The Morgan fingerprint density at radius 1 is 0.936 bits per heavy atom. The fourth-order valence-electron chi connectivity index (χ4n) is 7.08. The molecule has 12 heteroatoms. The average Bonchev–Trinajstić information content (AvgIpc) is 3.35. The van der Waals surface area contributed by atoms with Gasteiger partial charge in [0.1, 0.15) is 11.2 Å². The van der Waals surface area contributed by atoms with E-state index in [-0.39, 0.29) is 18.5 Å². The summed E-state index contributed by atoms with van der Waals surface area (Å²) >= 11 is 0. The number of carbonyl (C=O) groups excluding carboxylic acids is 2. The minimum absolute atomic E-state index is 0.121. The number of amides is 2. The van der Waals surface area contributed by atoms with Gasteiger partial charge in [-0.15, -0.1) is 0 Å². The molecule has 3 aliphatic carbocycles. The first-order valence-electron chi connectivity index (χ1n) is 17.2. The number of pyridine rings is 1. The van der Waals surface area contributed by atoms with Crippen LogP contribution in [0.15, 0.2) is 24.7 Å². The third-order valence-electron chi connectivity index (χ3n) is 9.61. The molecule has 3 aromatic heterocycles. The van der Waals surface area contributed by atoms with E-state index in [1.807, 2.05) is 12.4 Å². The third-order valence-corrected chi connectivity index (χ3v) is 9.61. The van der Waals surface area contributed by atoms with Crippen molar-refractivity contribution in [3.05, 3.63) is 30.4 Å². The molecule has 0 unspecified atom stereocenters. The molecule has 1 saturated heterocycles. The van der Waals surface area contributed by atoms with Crippen LogP contribution in [0.1, 0.15) is 117 Å². The zero-order valence-corrected chi connectivity index (χ0v) is 28.5. The molecule has 7 rings (SSSR count). The van der Waals surface area contributed by atoms with Crippen molar-refractivity contribution in [3.63, 3.8) is 0 Å². The van der Waals surface area contributed by atoms with Gasteiger partial charge in [0.15, 0.2) is 5.79 Å². The summed E-state index contributed by atoms with van der Waals surface area (Å²) in [6.07, 6.45) is 12.2. The Bertz CT molecular complexity index is 1600. The first-order valence-corrected chi connectivity index (χ1v) is 17.2. The van der Waals surface area contributed by atoms with Crippen LogP contribution in [0.2, 0.25) is 0 Å². The van der Waals surface area contributed by atoms with E-state index in [0.717, 1.165) is 84.1 Å². The van der Waals surface area contributed by atoms with Crippen molar-refractivity contribution in [2.24, 2.45) is 5.92 Å². The predicted molar refractivity (Wildman–Crippen MR) is 174 cm³/mol. The van der Waals surface area contributed by atoms with Gasteiger partial charge in [-0.05, 0) is 92.1 Å². The Hall–Kier alpha value is -3.51. The monoisotopic (exact) mass is 648 g/mol. The van der Waals surface area contributed by atoms with E-state index < -0.39 is 29.2 Å². The minimum atomic E-state index is -0.725. The lowest BCUT2D eigenvalue weighted by Gasteiger charge is -2.38. The second-order valence-corrected chi connectivity index (χ2v) is 15.8. The Labute approximate surface area is 276 Å². The van der Waals surface area contributed by atoms with Gasteiger partial charge in [0.05, 0.1) is 48.4 Å². The molecule has 3 saturated carbocycles. The first-order chi connectivity index (χ1) is 22.3. The van der Waals surface area contributed by atoms with Crippen LogP contribution in [-0.2, 0) is 18.9 Å². The second kappa shape index (κ2) is 11.9. The van der Waals surface area contributed by atoms with Gasteiger partial charge in [-0.3, -0.25) is 14.3 Å². The van der Waals surface area contributed by atoms with E-state index in [1.165, 1.54) is 0 Å². The first kappa shape index (κ1) is 32.1. The second-order valence-electron chi connectivity index (χ2n) is 15.8. The molecule has 0 aromatic carbocycles. The summed E-state index contributed by atoms with van der Waals surface area (Å²) in [5.74, 6) is 0.167. The summed E-state index contributed by atoms with van der Waals surface area (Å²) in [6, 6.07) is 2.64. The van der Waals surface area contributed by atoms with Crippen molar-refractivity contribution in [2.75, 3.05) is 19.8 Å². The van der Waals surface area contributed by atoms with E-state index in [2.05, 4.69) is 21.6 Å². The highest BCUT2D eigenvalue weighted by atomic mass is 16.7. The summed E-state index contributed by atoms with van der Waals surface area (Å²) in [4.78, 5) is 32.0. The highest BCUT2D eigenvalue weighted by molar-refractivity contribution is 5.88. The highest BCUT2D eigenvalue weighted by Gasteiger charge is 2.42. The van der Waals surface area contributed by atoms with Crippen LogP contribution < -0.4 is 0 Å². The van der Waals surface area contributed by atoms with Crippen molar-refractivity contribution in [1.82, 2.24) is 29.4 Å². The number of fused-ring (bicyclic) bond motifs is 1. The molecule has 2 amide bonds. The van der Waals surface area contributed by atoms with Gasteiger partial charge >= 0.3 is 12.2 Å². The summed E-state index contributed by atoms with van der Waals surface area (Å²) in [5.41, 5.74) is 2.73. The molecule has 4 heterocycles. The van der Waals surface area contributed by atoms with Gasteiger partial charge in [-0.25, -0.2) is 14.5 Å². The Balaban J connectivity index is 1.06. The Morgan fingerprint density at radius 2 is 1.57 bits per heavy atom. The number of carbonyl (C=O) groups is 2. The predicted octanol–water partition coefficient (Wildman–Crippen LogP) is 7.15. The summed E-state index contributed by atoms with van der Waals surface area (Å²) in [7, 11) is 0. The number of nitrogens with zero attached hydrogens (tertiary/aromatic N) is 6. The molecular weight excluding hydrogens is 600 g/mol. The third kappa shape index (κ3) is 6.90. The molecule has 47 heavy (non-hydrogen) atoms. The summed E-state index contributed by atoms with van der Waals surface area (Å²) in [6.45, 7) is 12.3. The molecule has 1 spiro atoms. The lowest BCUT2D eigenvalue weighted by molar-refractivity contribution is -0.181. The normalized spacial score (nSPS) is 23.2. The van der Waals surface area contributed by atoms with Gasteiger partial charge < -0.3 is 18.9 Å². The van der Waals surface area contributed by atoms with Crippen molar-refractivity contribution in [1.29, 1.82) is 0 Å². The van der Waals surface area contributed by atoms with Crippen molar-refractivity contribution in [3.8, 4) is 11.3 Å². The van der Waals surface area contributed by atoms with Crippen LogP contribution in [0.4, 0.5) is 9.59 Å². The topological polar surface area (TPSA) is 123 Å². The molecule has 12 nitrogen and oxygen atoms in total. The minimum Gasteiger partial charge on any atom is -0.443 e. The highest BCUT2D eigenvalue weighted by Crippen LogP contribution is 2.46. The molecule has 0 bridgehead atoms. The van der Waals surface area contributed by atoms with Gasteiger partial charge in [-0.1, -0.05) is 0 Å². The van der Waals surface area contributed by atoms with Crippen molar-refractivity contribution in [2.45, 2.75) is 128 Å². The van der Waals surface area contributed by atoms with E-state index in [4.69, 9.17) is 34.1 Å². The van der Waals surface area contributed by atoms with Crippen LogP contribution in [0.3, 0.4) is 0 Å². The number of rotatable bonds is 6. The quantitative estimate of drug-likeness (QED) is 0.274. The van der Waals surface area contributed by atoms with Crippen LogP contribution in [-0.4, -0.2) is 78.4 Å². The van der Waals surface area contributed by atoms with Crippen LogP contribution in [0, 0.1) is 5.92 Å². The molecule has 0 atom stereocenters. The average molecular weight is 649 g/mol. The Kier molecular flexibility index (Phi) is 8.10. The number of hydrogen-bond acceptors (Lipinski definition) is 9. The summed E-state index contributed by atoms with van der Waals surface area (Å²) < 4.78 is 27.3. The summed E-state index contributed by atoms with van der Waals surface area (Å²) in [5, 5.41) is 10.9. The van der Waals surface area contributed by atoms with E-state index >= 15 is 0 Å². The molecule has 1 aliphatic heterocycles. The fraction of sp³-hybridized carbons (Fsp3) is 0.686. The number of hydrogen-bond donors (Lipinski definition) is 0. The van der Waals surface area contributed by atoms with Gasteiger partial charge in [0, 0.05) is 48.6 Å². The molecule has 4 fully saturated rings. The molecule has 0 N–H and O–H groups in total. The Morgan fingerprint density at radius 3 is 2.17 bits per heavy atom. The molecule has 0 radical (unpaired) electrons. The van der Waals surface area contributed by atoms with E-state index in [9.17, 15) is 9.59 Å². The fourth-order valence-corrected chi connectivity index (χ4v) is 7.08. The van der Waals surface area contributed by atoms with Crippen LogP contribution in [0.5, 0.6) is 0 Å². The molecule has 4 aliphatic rings. The molecular formula is C35H48N6O6. The zero-order chi connectivity index (χ0) is 33.1. The lowest BCUT2D eigenvalue weighted by atomic mass is 9.80. The van der Waals surface area contributed by atoms with Gasteiger partial charge in [0.2, 0.25) is 0 Å². The van der Waals surface area contributed by atoms with Gasteiger partial charge in [-0.2, -0.15) is 10.2 Å². The maximum atomic E-state index is 13.0. The maximum absolute atomic E-state index is 13.0. The van der Waals surface area contributed by atoms with Crippen molar-refractivity contribution < 1.29 is 28.5 Å². The smallest absolute Gasteiger partial charge is 0.419 e. The number of imide groups is 1. The lowest BCUT2D eigenvalue weighted by Crippen LogP contribution is -2.47. The van der Waals surface area contributed by atoms with Crippen molar-refractivity contribution >= 4 is 23.1 Å². The largest absolute Gasteiger partial charge is 0.443 e. The van der Waals surface area contributed by atoms with Crippen LogP contribution >= 0.6 is 0 Å². The number of ether oxygens (including phenoxy) is 4. The van der Waals surface area contributed by atoms with E-state index in [1.54, 1.807) is 41.5 Å². The maximum Gasteiger partial charge on any atom is 0.419 e. The standard InChI is InChI=1S/C35H48N6O6/c1-33(2,3)46-31(42)39(32(43)47-34(4,5)6)20-22-15-26(16-22)40-21-27(30(38-40)23-7-8-23)28-17-29-24(18-36-28)19-37-41(29)25-9-11-35(12-10-25)44-13-14-45-35/h17-19,21-23,25-26H,7-16,20H2,1-6H3. The molecule has 3 aromatic rings. The van der Waals surface area contributed by atoms with Gasteiger partial charge in [0.25, 0.3) is 0 Å². The zero-order valence-electron chi connectivity index (χ0n) is 28.5. The van der Waals surface area contributed by atoms with Crippen LogP contribution in [0.25, 0.3) is 22.2 Å². The molecule has 254 valence electrons. The SMILES string of the molecule is CC(C)(C)OC(=O)N(CC1CC(n2cc(-c3cc4c(cn3)cnn4C3CCC4(CC3)OCCO4)c(C3CC3)n2)C1)C(=O)OC(C)(C)C.